The number of likely N-dealkylation sites (N-methyl/N-ethyl adjacent to an activating group) is 2. The van der Waals surface area contributed by atoms with Crippen LogP contribution in [0.15, 0.2) is 0 Å². The van der Waals surface area contributed by atoms with Crippen LogP contribution in [0.1, 0.15) is 31.2 Å². The summed E-state index contributed by atoms with van der Waals surface area (Å²) in [6, 6.07) is 0. The quantitative estimate of drug-likeness (QED) is 0.847. The molecule has 0 fully saturated rings. The fourth-order valence-electron chi connectivity index (χ4n) is 1.49. The molecule has 0 saturated heterocycles. The van der Waals surface area contributed by atoms with E-state index in [0.29, 0.717) is 16.8 Å². The van der Waals surface area contributed by atoms with Gasteiger partial charge in [-0.3, -0.25) is 4.79 Å². The predicted molar refractivity (Wildman–Crippen MR) is 73.2 cm³/mol. The van der Waals surface area contributed by atoms with Gasteiger partial charge in [0.2, 0.25) is 5.91 Å². The third kappa shape index (κ3) is 3.32. The number of carbonyl (C=O) groups excluding carboxylic acids is 1. The number of halogens is 1. The zero-order chi connectivity index (χ0) is 13.9. The molecule has 5 nitrogen and oxygen atoms in total. The highest BCUT2D eigenvalue weighted by molar-refractivity contribution is 6.30. The Kier molecular flexibility index (Phi) is 4.90. The van der Waals surface area contributed by atoms with Crippen LogP contribution < -0.4 is 10.2 Å². The molecule has 1 rings (SSSR count). The highest BCUT2D eigenvalue weighted by atomic mass is 35.5. The molecule has 1 aromatic rings. The van der Waals surface area contributed by atoms with Gasteiger partial charge in [-0.2, -0.15) is 0 Å². The first kappa shape index (κ1) is 14.7. The molecule has 1 N–H and O–H groups in total. The molecule has 1 amide bonds. The van der Waals surface area contributed by atoms with E-state index in [0.717, 1.165) is 5.56 Å². The number of hydrogen-bond acceptors (Lipinski definition) is 4. The Morgan fingerprint density at radius 3 is 2.56 bits per heavy atom. The molecule has 6 heteroatoms. The molecule has 1 aromatic heterocycles. The van der Waals surface area contributed by atoms with E-state index in [2.05, 4.69) is 15.3 Å². The second-order valence-corrected chi connectivity index (χ2v) is 4.86. The first-order chi connectivity index (χ1) is 8.36. The Morgan fingerprint density at radius 1 is 1.44 bits per heavy atom. The van der Waals surface area contributed by atoms with Crippen molar-refractivity contribution in [1.29, 1.82) is 0 Å². The molecular formula is C12H19ClN4O. The second-order valence-electron chi connectivity index (χ2n) is 4.51. The molecule has 0 aliphatic carbocycles. The number of amides is 1. The van der Waals surface area contributed by atoms with E-state index in [1.807, 2.05) is 27.8 Å². The lowest BCUT2D eigenvalue weighted by molar-refractivity contribution is -0.119. The van der Waals surface area contributed by atoms with Crippen LogP contribution in [0.25, 0.3) is 0 Å². The molecule has 0 aliphatic rings. The zero-order valence-electron chi connectivity index (χ0n) is 11.4. The topological polar surface area (TPSA) is 58.1 Å². The van der Waals surface area contributed by atoms with Gasteiger partial charge in [-0.05, 0) is 6.92 Å². The van der Waals surface area contributed by atoms with Gasteiger partial charge in [-0.15, -0.1) is 0 Å². The van der Waals surface area contributed by atoms with E-state index in [1.165, 1.54) is 0 Å². The Hall–Kier alpha value is -1.36. The summed E-state index contributed by atoms with van der Waals surface area (Å²) in [7, 11) is 3.42. The molecule has 0 unspecified atom stereocenters. The standard InChI is InChI=1S/C12H19ClN4O/c1-7(2)11-15-10(13)8(3)12(16-11)17(5)6-9(18)14-4/h7H,6H2,1-5H3,(H,14,18). The number of anilines is 1. The maximum Gasteiger partial charge on any atom is 0.239 e. The van der Waals surface area contributed by atoms with E-state index in [1.54, 1.807) is 11.9 Å². The lowest BCUT2D eigenvalue weighted by Gasteiger charge is -2.21. The normalized spacial score (nSPS) is 10.6. The fourth-order valence-corrected chi connectivity index (χ4v) is 1.66. The number of nitrogens with one attached hydrogen (secondary N) is 1. The highest BCUT2D eigenvalue weighted by Gasteiger charge is 2.16. The summed E-state index contributed by atoms with van der Waals surface area (Å²) in [5.74, 6) is 1.50. The van der Waals surface area contributed by atoms with E-state index in [4.69, 9.17) is 11.6 Å². The van der Waals surface area contributed by atoms with Crippen molar-refractivity contribution < 1.29 is 4.79 Å². The highest BCUT2D eigenvalue weighted by Crippen LogP contribution is 2.24. The van der Waals surface area contributed by atoms with Crippen molar-refractivity contribution in [2.24, 2.45) is 0 Å². The van der Waals surface area contributed by atoms with Gasteiger partial charge < -0.3 is 10.2 Å². The minimum Gasteiger partial charge on any atom is -0.358 e. The van der Waals surface area contributed by atoms with Gasteiger partial charge in [-0.1, -0.05) is 25.4 Å². The summed E-state index contributed by atoms with van der Waals surface area (Å²) in [5.41, 5.74) is 0.785. The molecule has 100 valence electrons. The largest absolute Gasteiger partial charge is 0.358 e. The van der Waals surface area contributed by atoms with Crippen molar-refractivity contribution in [1.82, 2.24) is 15.3 Å². The van der Waals surface area contributed by atoms with Crippen molar-refractivity contribution >= 4 is 23.3 Å². The van der Waals surface area contributed by atoms with E-state index in [-0.39, 0.29) is 18.4 Å². The molecule has 1 heterocycles. The summed E-state index contributed by atoms with van der Waals surface area (Å²) >= 11 is 6.10. The average molecular weight is 271 g/mol. The lowest BCUT2D eigenvalue weighted by Crippen LogP contribution is -2.34. The van der Waals surface area contributed by atoms with Gasteiger partial charge in [0.15, 0.2) is 0 Å². The Bertz CT molecular complexity index is 448. The van der Waals surface area contributed by atoms with Crippen LogP contribution in [0.5, 0.6) is 0 Å². The van der Waals surface area contributed by atoms with E-state index in [9.17, 15) is 4.79 Å². The van der Waals surface area contributed by atoms with Crippen LogP contribution in [-0.2, 0) is 4.79 Å². The first-order valence-corrected chi connectivity index (χ1v) is 6.20. The molecule has 0 spiro atoms. The molecule has 0 saturated carbocycles. The van der Waals surface area contributed by atoms with Crippen molar-refractivity contribution in [3.63, 3.8) is 0 Å². The minimum absolute atomic E-state index is 0.0715. The zero-order valence-corrected chi connectivity index (χ0v) is 12.2. The van der Waals surface area contributed by atoms with Crippen LogP contribution in [0.4, 0.5) is 5.82 Å². The third-order valence-electron chi connectivity index (χ3n) is 2.62. The minimum atomic E-state index is -0.0715. The van der Waals surface area contributed by atoms with Crippen LogP contribution >= 0.6 is 11.6 Å². The fraction of sp³-hybridized carbons (Fsp3) is 0.583. The molecule has 0 atom stereocenters. The van der Waals surface area contributed by atoms with Gasteiger partial charge >= 0.3 is 0 Å². The average Bonchev–Trinajstić information content (AvgIpc) is 2.31. The molecular weight excluding hydrogens is 252 g/mol. The number of carbonyl (C=O) groups is 1. The molecule has 0 aliphatic heterocycles. The van der Waals surface area contributed by atoms with E-state index < -0.39 is 0 Å². The monoisotopic (exact) mass is 270 g/mol. The van der Waals surface area contributed by atoms with Crippen LogP contribution in [0, 0.1) is 6.92 Å². The SMILES string of the molecule is CNC(=O)CN(C)c1nc(C(C)C)nc(Cl)c1C. The third-order valence-corrected chi connectivity index (χ3v) is 2.98. The van der Waals surface area contributed by atoms with Gasteiger partial charge in [0, 0.05) is 25.6 Å². The van der Waals surface area contributed by atoms with Crippen molar-refractivity contribution in [2.45, 2.75) is 26.7 Å². The van der Waals surface area contributed by atoms with E-state index >= 15 is 0 Å². The molecule has 0 aromatic carbocycles. The maximum atomic E-state index is 11.4. The summed E-state index contributed by atoms with van der Waals surface area (Å²) in [5, 5.41) is 3.02. The first-order valence-electron chi connectivity index (χ1n) is 5.82. The van der Waals surface area contributed by atoms with Crippen LogP contribution in [0.2, 0.25) is 5.15 Å². The Balaban J connectivity index is 3.10. The summed E-state index contributed by atoms with van der Waals surface area (Å²) < 4.78 is 0. The molecule has 18 heavy (non-hydrogen) atoms. The number of aromatic nitrogens is 2. The Morgan fingerprint density at radius 2 is 2.06 bits per heavy atom. The maximum absolute atomic E-state index is 11.4. The summed E-state index contributed by atoms with van der Waals surface area (Å²) in [6.45, 7) is 6.09. The number of hydrogen-bond donors (Lipinski definition) is 1. The van der Waals surface area contributed by atoms with Gasteiger partial charge in [0.05, 0.1) is 6.54 Å². The molecule has 0 bridgehead atoms. The van der Waals surface area contributed by atoms with Crippen LogP contribution in [-0.4, -0.2) is 36.5 Å². The smallest absolute Gasteiger partial charge is 0.239 e. The van der Waals surface area contributed by atoms with Crippen LogP contribution in [0.3, 0.4) is 0 Å². The molecule has 0 radical (unpaired) electrons. The number of rotatable bonds is 4. The summed E-state index contributed by atoms with van der Waals surface area (Å²) in [6.07, 6.45) is 0. The summed E-state index contributed by atoms with van der Waals surface area (Å²) in [4.78, 5) is 21.9. The van der Waals surface area contributed by atoms with Gasteiger partial charge in [0.25, 0.3) is 0 Å². The number of nitrogens with zero attached hydrogens (tertiary/aromatic N) is 3. The van der Waals surface area contributed by atoms with Gasteiger partial charge in [0.1, 0.15) is 16.8 Å². The van der Waals surface area contributed by atoms with Gasteiger partial charge in [-0.25, -0.2) is 9.97 Å². The van der Waals surface area contributed by atoms with Crippen molar-refractivity contribution in [3.05, 3.63) is 16.5 Å². The lowest BCUT2D eigenvalue weighted by atomic mass is 10.2. The predicted octanol–water partition coefficient (Wildman–Crippen LogP) is 1.74. The van der Waals surface area contributed by atoms with Crippen molar-refractivity contribution in [3.8, 4) is 0 Å². The Labute approximate surface area is 113 Å². The van der Waals surface area contributed by atoms with Crippen molar-refractivity contribution in [2.75, 3.05) is 25.5 Å². The second kappa shape index (κ2) is 6.00.